The van der Waals surface area contributed by atoms with Gasteiger partial charge in [-0.25, -0.2) is 4.39 Å². The van der Waals surface area contributed by atoms with E-state index in [-0.39, 0.29) is 29.5 Å². The van der Waals surface area contributed by atoms with E-state index in [1.807, 2.05) is 55.9 Å². The van der Waals surface area contributed by atoms with Crippen molar-refractivity contribution in [1.29, 1.82) is 0 Å². The van der Waals surface area contributed by atoms with Gasteiger partial charge in [-0.1, -0.05) is 26.0 Å². The molecule has 0 unspecified atom stereocenters. The van der Waals surface area contributed by atoms with Crippen molar-refractivity contribution in [2.75, 3.05) is 24.3 Å². The van der Waals surface area contributed by atoms with Crippen molar-refractivity contribution in [2.45, 2.75) is 46.2 Å². The van der Waals surface area contributed by atoms with Crippen LogP contribution < -0.4 is 10.2 Å². The van der Waals surface area contributed by atoms with Crippen LogP contribution in [0.15, 0.2) is 42.5 Å². The van der Waals surface area contributed by atoms with Gasteiger partial charge in [0, 0.05) is 50.9 Å². The number of hydrogen-bond acceptors (Lipinski definition) is 3. The smallest absolute Gasteiger partial charge is 0.226 e. The average Bonchev–Trinajstić information content (AvgIpc) is 3.53. The van der Waals surface area contributed by atoms with Crippen molar-refractivity contribution in [2.24, 2.45) is 11.8 Å². The molecular weight excluding hydrogens is 393 g/mol. The molecule has 2 aromatic carbocycles. The van der Waals surface area contributed by atoms with Gasteiger partial charge in [0.05, 0.1) is 0 Å². The summed E-state index contributed by atoms with van der Waals surface area (Å²) < 4.78 is 13.3. The highest BCUT2D eigenvalue weighted by Crippen LogP contribution is 2.33. The molecule has 0 aliphatic heterocycles. The molecule has 1 N–H and O–H groups in total. The van der Waals surface area contributed by atoms with Gasteiger partial charge in [-0.2, -0.15) is 0 Å². The first-order valence-electron chi connectivity index (χ1n) is 10.9. The summed E-state index contributed by atoms with van der Waals surface area (Å²) in [5.74, 6) is 0.183. The minimum Gasteiger partial charge on any atom is -0.377 e. The third-order valence-electron chi connectivity index (χ3n) is 5.32. The Morgan fingerprint density at radius 3 is 2.32 bits per heavy atom. The van der Waals surface area contributed by atoms with Gasteiger partial charge < -0.3 is 15.1 Å². The molecule has 1 saturated carbocycles. The Kier molecular flexibility index (Phi) is 7.31. The van der Waals surface area contributed by atoms with Crippen LogP contribution in [-0.2, 0) is 22.7 Å². The molecule has 0 saturated heterocycles. The Morgan fingerprint density at radius 1 is 1.06 bits per heavy atom. The zero-order valence-corrected chi connectivity index (χ0v) is 18.8. The topological polar surface area (TPSA) is 52.7 Å². The molecule has 1 aliphatic carbocycles. The van der Waals surface area contributed by atoms with Gasteiger partial charge in [0.15, 0.2) is 0 Å². The van der Waals surface area contributed by atoms with Crippen molar-refractivity contribution < 1.29 is 14.0 Å². The summed E-state index contributed by atoms with van der Waals surface area (Å²) in [6.07, 6.45) is 2.30. The lowest BCUT2D eigenvalue weighted by Crippen LogP contribution is -2.32. The lowest BCUT2D eigenvalue weighted by atomic mass is 10.1. The van der Waals surface area contributed by atoms with Gasteiger partial charge in [0.2, 0.25) is 11.8 Å². The predicted molar refractivity (Wildman–Crippen MR) is 122 cm³/mol. The van der Waals surface area contributed by atoms with Gasteiger partial charge in [-0.3, -0.25) is 9.59 Å². The van der Waals surface area contributed by atoms with Crippen LogP contribution in [0.5, 0.6) is 0 Å². The third kappa shape index (κ3) is 6.54. The molecule has 2 amide bonds. The van der Waals surface area contributed by atoms with Crippen LogP contribution in [0.25, 0.3) is 0 Å². The van der Waals surface area contributed by atoms with Crippen LogP contribution in [0.3, 0.4) is 0 Å². The fourth-order valence-corrected chi connectivity index (χ4v) is 3.63. The number of halogens is 1. The van der Waals surface area contributed by atoms with Gasteiger partial charge >= 0.3 is 0 Å². The molecule has 2 aromatic rings. The Morgan fingerprint density at radius 2 is 1.74 bits per heavy atom. The second-order valence-electron chi connectivity index (χ2n) is 8.98. The molecule has 6 heteroatoms. The minimum absolute atomic E-state index is 0.0178. The van der Waals surface area contributed by atoms with Gasteiger partial charge in [-0.15, -0.1) is 0 Å². The monoisotopic (exact) mass is 425 g/mol. The number of nitrogens with zero attached hydrogens (tertiary/aromatic N) is 2. The Hall–Kier alpha value is -2.89. The fraction of sp³-hybridized carbons (Fsp3) is 0.440. The molecule has 3 rings (SSSR count). The van der Waals surface area contributed by atoms with E-state index in [1.54, 1.807) is 12.1 Å². The van der Waals surface area contributed by atoms with E-state index in [0.717, 1.165) is 35.3 Å². The van der Waals surface area contributed by atoms with Gasteiger partial charge in [-0.05, 0) is 60.2 Å². The van der Waals surface area contributed by atoms with Crippen LogP contribution in [-0.4, -0.2) is 30.8 Å². The van der Waals surface area contributed by atoms with Crippen molar-refractivity contribution in [3.8, 4) is 0 Å². The first-order chi connectivity index (χ1) is 14.7. The fourth-order valence-electron chi connectivity index (χ4n) is 3.63. The molecule has 1 fully saturated rings. The number of benzene rings is 2. The van der Waals surface area contributed by atoms with Crippen LogP contribution in [0.2, 0.25) is 0 Å². The van der Waals surface area contributed by atoms with Crippen molar-refractivity contribution in [3.63, 3.8) is 0 Å². The van der Waals surface area contributed by atoms with E-state index in [1.165, 1.54) is 12.1 Å². The van der Waals surface area contributed by atoms with E-state index in [2.05, 4.69) is 5.32 Å². The number of rotatable bonds is 9. The zero-order chi connectivity index (χ0) is 22.5. The second kappa shape index (κ2) is 9.94. The quantitative estimate of drug-likeness (QED) is 0.627. The highest BCUT2D eigenvalue weighted by atomic mass is 19.1. The lowest BCUT2D eigenvalue weighted by molar-refractivity contribution is -0.133. The Labute approximate surface area is 184 Å². The molecule has 0 atom stereocenters. The molecular formula is C25H32FN3O2. The summed E-state index contributed by atoms with van der Waals surface area (Å²) in [7, 11) is 3.92. The van der Waals surface area contributed by atoms with E-state index in [9.17, 15) is 14.0 Å². The van der Waals surface area contributed by atoms with E-state index < -0.39 is 0 Å². The number of nitrogens with one attached hydrogen (secondary N) is 1. The maximum Gasteiger partial charge on any atom is 0.226 e. The summed E-state index contributed by atoms with van der Waals surface area (Å²) in [6.45, 7) is 4.87. The van der Waals surface area contributed by atoms with E-state index >= 15 is 0 Å². The van der Waals surface area contributed by atoms with Gasteiger partial charge in [0.25, 0.3) is 0 Å². The summed E-state index contributed by atoms with van der Waals surface area (Å²) in [5.41, 5.74) is 3.58. The molecule has 1 aliphatic rings. The Balaban J connectivity index is 1.85. The number of amides is 2. The van der Waals surface area contributed by atoms with Crippen molar-refractivity contribution in [3.05, 3.63) is 59.4 Å². The Bertz CT molecular complexity index is 921. The predicted octanol–water partition coefficient (Wildman–Crippen LogP) is 4.82. The molecule has 0 bridgehead atoms. The molecule has 0 aromatic heterocycles. The van der Waals surface area contributed by atoms with Crippen LogP contribution in [0.1, 0.15) is 44.2 Å². The normalized spacial score (nSPS) is 13.2. The molecule has 0 radical (unpaired) electrons. The summed E-state index contributed by atoms with van der Waals surface area (Å²) >= 11 is 0. The van der Waals surface area contributed by atoms with Crippen molar-refractivity contribution >= 4 is 23.2 Å². The first kappa shape index (κ1) is 22.8. The third-order valence-corrected chi connectivity index (χ3v) is 5.32. The molecule has 0 heterocycles. The molecule has 0 spiro atoms. The zero-order valence-electron chi connectivity index (χ0n) is 18.8. The van der Waals surface area contributed by atoms with Crippen LogP contribution in [0, 0.1) is 17.7 Å². The summed E-state index contributed by atoms with van der Waals surface area (Å²) in [4.78, 5) is 29.1. The van der Waals surface area contributed by atoms with Gasteiger partial charge in [0.1, 0.15) is 5.82 Å². The van der Waals surface area contributed by atoms with Crippen LogP contribution >= 0.6 is 0 Å². The SMILES string of the molecule is CC(C)CC(=O)Nc1ccc(N(C)C)c(CN(Cc2ccc(F)cc2)C(=O)C2CC2)c1. The highest BCUT2D eigenvalue weighted by Gasteiger charge is 2.33. The average molecular weight is 426 g/mol. The molecule has 31 heavy (non-hydrogen) atoms. The number of carbonyl (C=O) groups is 2. The van der Waals surface area contributed by atoms with Crippen molar-refractivity contribution in [1.82, 2.24) is 4.90 Å². The number of hydrogen-bond donors (Lipinski definition) is 1. The maximum atomic E-state index is 13.3. The lowest BCUT2D eigenvalue weighted by Gasteiger charge is -2.26. The number of carbonyl (C=O) groups excluding carboxylic acids is 2. The minimum atomic E-state index is -0.288. The maximum absolute atomic E-state index is 13.3. The van der Waals surface area contributed by atoms with E-state index in [4.69, 9.17) is 0 Å². The molecule has 5 nitrogen and oxygen atoms in total. The summed E-state index contributed by atoms with van der Waals surface area (Å²) in [6, 6.07) is 12.1. The van der Waals surface area contributed by atoms with E-state index in [0.29, 0.717) is 19.5 Å². The standard InChI is InChI=1S/C25H32FN3O2/c1-17(2)13-24(30)27-22-11-12-23(28(3)4)20(14-22)16-29(25(31)19-7-8-19)15-18-5-9-21(26)10-6-18/h5-6,9-12,14,17,19H,7-8,13,15-16H2,1-4H3,(H,27,30). The highest BCUT2D eigenvalue weighted by molar-refractivity contribution is 5.91. The first-order valence-corrected chi connectivity index (χ1v) is 10.9. The largest absolute Gasteiger partial charge is 0.377 e. The molecule has 166 valence electrons. The second-order valence-corrected chi connectivity index (χ2v) is 8.98. The summed E-state index contributed by atoms with van der Waals surface area (Å²) in [5, 5.41) is 2.97. The number of anilines is 2. The van der Waals surface area contributed by atoms with Crippen LogP contribution in [0.4, 0.5) is 15.8 Å².